The molecule has 0 aromatic carbocycles. The Kier molecular flexibility index (Phi) is 9.22. The van der Waals surface area contributed by atoms with E-state index in [-0.39, 0.29) is 12.8 Å². The number of carbonyl (C=O) groups excluding carboxylic acids is 2. The first-order valence-corrected chi connectivity index (χ1v) is 6.11. The molecule has 6 nitrogen and oxygen atoms in total. The van der Waals surface area contributed by atoms with Gasteiger partial charge in [-0.3, -0.25) is 9.59 Å². The van der Waals surface area contributed by atoms with Gasteiger partial charge in [-0.2, -0.15) is 0 Å². The smallest absolute Gasteiger partial charge is 0.308 e. The molecule has 0 heterocycles. The number of carbonyl (C=O) groups is 2. The van der Waals surface area contributed by atoms with E-state index in [4.69, 9.17) is 18.9 Å². The molecule has 106 valence electrons. The Morgan fingerprint density at radius 2 is 1.17 bits per heavy atom. The lowest BCUT2D eigenvalue weighted by Gasteiger charge is -2.14. The molecule has 2 atom stereocenters. The number of hydrogen-bond donors (Lipinski definition) is 0. The molecular weight excluding hydrogens is 240 g/mol. The minimum Gasteiger partial charge on any atom is -0.436 e. The fraction of sp³-hybridized carbons (Fsp3) is 0.833. The number of esters is 2. The van der Waals surface area contributed by atoms with Crippen LogP contribution in [0.4, 0.5) is 0 Å². The average Bonchev–Trinajstić information content (AvgIpc) is 2.27. The van der Waals surface area contributed by atoms with Gasteiger partial charge in [-0.25, -0.2) is 0 Å². The Morgan fingerprint density at radius 1 is 0.833 bits per heavy atom. The van der Waals surface area contributed by atoms with Crippen LogP contribution in [0.15, 0.2) is 0 Å². The van der Waals surface area contributed by atoms with Gasteiger partial charge in [0.2, 0.25) is 0 Å². The fourth-order valence-electron chi connectivity index (χ4n) is 1.23. The van der Waals surface area contributed by atoms with Crippen molar-refractivity contribution < 1.29 is 28.5 Å². The summed E-state index contributed by atoms with van der Waals surface area (Å²) in [6.45, 7) is 7.77. The predicted molar refractivity (Wildman–Crippen MR) is 63.6 cm³/mol. The summed E-state index contributed by atoms with van der Waals surface area (Å²) < 4.78 is 19.9. The van der Waals surface area contributed by atoms with Crippen molar-refractivity contribution >= 4 is 11.9 Å². The van der Waals surface area contributed by atoms with Gasteiger partial charge >= 0.3 is 11.9 Å². The Labute approximate surface area is 108 Å². The van der Waals surface area contributed by atoms with E-state index in [9.17, 15) is 9.59 Å². The minimum atomic E-state index is -0.596. The van der Waals surface area contributed by atoms with Crippen molar-refractivity contribution in [2.75, 3.05) is 13.2 Å². The molecule has 0 radical (unpaired) electrons. The molecule has 0 aliphatic carbocycles. The average molecular weight is 262 g/mol. The summed E-state index contributed by atoms with van der Waals surface area (Å²) in [7, 11) is 0. The largest absolute Gasteiger partial charge is 0.436 e. The molecule has 0 saturated carbocycles. The zero-order valence-electron chi connectivity index (χ0n) is 11.4. The monoisotopic (exact) mass is 262 g/mol. The van der Waals surface area contributed by atoms with Crippen molar-refractivity contribution in [1.82, 2.24) is 0 Å². The lowest BCUT2D eigenvalue weighted by molar-refractivity contribution is -0.180. The van der Waals surface area contributed by atoms with E-state index < -0.39 is 24.5 Å². The summed E-state index contributed by atoms with van der Waals surface area (Å²) in [5.74, 6) is -0.978. The molecule has 0 N–H and O–H groups in total. The number of ether oxygens (including phenoxy) is 4. The molecule has 0 saturated heterocycles. The third-order valence-corrected chi connectivity index (χ3v) is 1.93. The summed E-state index contributed by atoms with van der Waals surface area (Å²) >= 11 is 0. The highest BCUT2D eigenvalue weighted by Crippen LogP contribution is 2.03. The molecule has 0 aromatic rings. The molecule has 0 spiro atoms. The van der Waals surface area contributed by atoms with Gasteiger partial charge in [0.15, 0.2) is 12.6 Å². The van der Waals surface area contributed by atoms with Crippen LogP contribution in [0.2, 0.25) is 0 Å². The first-order valence-electron chi connectivity index (χ1n) is 6.11. The van der Waals surface area contributed by atoms with Gasteiger partial charge in [-0.05, 0) is 27.7 Å². The second-order valence-electron chi connectivity index (χ2n) is 3.53. The second-order valence-corrected chi connectivity index (χ2v) is 3.53. The molecule has 0 fully saturated rings. The van der Waals surface area contributed by atoms with Crippen LogP contribution in [0.1, 0.15) is 40.5 Å². The Balaban J connectivity index is 3.74. The van der Waals surface area contributed by atoms with E-state index in [0.29, 0.717) is 13.2 Å². The minimum absolute atomic E-state index is 0.0326. The van der Waals surface area contributed by atoms with E-state index in [2.05, 4.69) is 0 Å². The van der Waals surface area contributed by atoms with Crippen LogP contribution in [-0.2, 0) is 28.5 Å². The second kappa shape index (κ2) is 9.85. The maximum Gasteiger partial charge on any atom is 0.308 e. The highest BCUT2D eigenvalue weighted by Gasteiger charge is 2.14. The standard InChI is InChI=1S/C12H22O6/c1-5-15-9(3)17-11(13)7-8-12(14)18-10(4)16-6-2/h9-10H,5-8H2,1-4H3. The van der Waals surface area contributed by atoms with E-state index in [1.54, 1.807) is 27.7 Å². The quantitative estimate of drug-likeness (QED) is 0.464. The van der Waals surface area contributed by atoms with Gasteiger partial charge in [0.05, 0.1) is 12.8 Å². The van der Waals surface area contributed by atoms with Crippen LogP contribution in [0.5, 0.6) is 0 Å². The molecule has 0 rings (SSSR count). The van der Waals surface area contributed by atoms with E-state index in [1.807, 2.05) is 0 Å². The van der Waals surface area contributed by atoms with Gasteiger partial charge in [0, 0.05) is 13.2 Å². The molecular formula is C12H22O6. The van der Waals surface area contributed by atoms with Gasteiger partial charge in [0.1, 0.15) is 0 Å². The molecule has 0 aliphatic heterocycles. The van der Waals surface area contributed by atoms with Crippen LogP contribution in [0, 0.1) is 0 Å². The van der Waals surface area contributed by atoms with Crippen LogP contribution in [0.25, 0.3) is 0 Å². The van der Waals surface area contributed by atoms with Crippen LogP contribution in [-0.4, -0.2) is 37.7 Å². The summed E-state index contributed by atoms with van der Waals surface area (Å²) in [5, 5.41) is 0. The van der Waals surface area contributed by atoms with Crippen molar-refractivity contribution in [1.29, 1.82) is 0 Å². The summed E-state index contributed by atoms with van der Waals surface area (Å²) in [6, 6.07) is 0. The third kappa shape index (κ3) is 8.95. The zero-order chi connectivity index (χ0) is 14.0. The van der Waals surface area contributed by atoms with Gasteiger partial charge in [-0.1, -0.05) is 0 Å². The van der Waals surface area contributed by atoms with Crippen molar-refractivity contribution in [3.8, 4) is 0 Å². The highest BCUT2D eigenvalue weighted by atomic mass is 16.7. The van der Waals surface area contributed by atoms with E-state index in [1.165, 1.54) is 0 Å². The Bertz CT molecular complexity index is 227. The lowest BCUT2D eigenvalue weighted by Crippen LogP contribution is -2.21. The Morgan fingerprint density at radius 3 is 1.44 bits per heavy atom. The first kappa shape index (κ1) is 16.9. The molecule has 2 unspecified atom stereocenters. The molecule has 0 amide bonds. The fourth-order valence-corrected chi connectivity index (χ4v) is 1.23. The summed E-state index contributed by atoms with van der Waals surface area (Å²) in [6.07, 6.45) is -1.26. The van der Waals surface area contributed by atoms with Crippen LogP contribution >= 0.6 is 0 Å². The van der Waals surface area contributed by atoms with Crippen molar-refractivity contribution in [2.24, 2.45) is 0 Å². The summed E-state index contributed by atoms with van der Waals surface area (Å²) in [5.41, 5.74) is 0. The maximum absolute atomic E-state index is 11.3. The van der Waals surface area contributed by atoms with Crippen molar-refractivity contribution in [2.45, 2.75) is 53.1 Å². The van der Waals surface area contributed by atoms with Crippen LogP contribution < -0.4 is 0 Å². The maximum atomic E-state index is 11.3. The zero-order valence-corrected chi connectivity index (χ0v) is 11.4. The van der Waals surface area contributed by atoms with Gasteiger partial charge in [0.25, 0.3) is 0 Å². The van der Waals surface area contributed by atoms with Gasteiger partial charge in [-0.15, -0.1) is 0 Å². The third-order valence-electron chi connectivity index (χ3n) is 1.93. The highest BCUT2D eigenvalue weighted by molar-refractivity contribution is 5.77. The first-order chi connectivity index (χ1) is 8.49. The molecule has 0 bridgehead atoms. The van der Waals surface area contributed by atoms with Crippen molar-refractivity contribution in [3.05, 3.63) is 0 Å². The van der Waals surface area contributed by atoms with Crippen LogP contribution in [0.3, 0.4) is 0 Å². The van der Waals surface area contributed by atoms with E-state index in [0.717, 1.165) is 0 Å². The molecule has 6 heteroatoms. The van der Waals surface area contributed by atoms with Crippen molar-refractivity contribution in [3.63, 3.8) is 0 Å². The number of rotatable bonds is 9. The van der Waals surface area contributed by atoms with Gasteiger partial charge < -0.3 is 18.9 Å². The molecule has 0 aromatic heterocycles. The normalized spacial score (nSPS) is 13.8. The summed E-state index contributed by atoms with van der Waals surface area (Å²) in [4.78, 5) is 22.6. The lowest BCUT2D eigenvalue weighted by atomic mass is 10.3. The number of hydrogen-bond acceptors (Lipinski definition) is 6. The topological polar surface area (TPSA) is 71.1 Å². The van der Waals surface area contributed by atoms with E-state index >= 15 is 0 Å². The molecule has 0 aliphatic rings. The predicted octanol–water partition coefficient (Wildman–Crippen LogP) is 1.62. The SMILES string of the molecule is CCOC(C)OC(=O)CCC(=O)OC(C)OCC. The molecule has 18 heavy (non-hydrogen) atoms. The Hall–Kier alpha value is -1.14.